The Balaban J connectivity index is 2.54. The van der Waals surface area contributed by atoms with Gasteiger partial charge >= 0.3 is 5.97 Å². The lowest BCUT2D eigenvalue weighted by atomic mass is 10.1. The molecule has 0 radical (unpaired) electrons. The Hall–Kier alpha value is -2.01. The summed E-state index contributed by atoms with van der Waals surface area (Å²) in [6.45, 7) is 2.53. The van der Waals surface area contributed by atoms with Gasteiger partial charge in [0.2, 0.25) is 0 Å². The number of carbonyl (C=O) groups excluding carboxylic acids is 1. The number of methoxy groups -OCH3 is 2. The fourth-order valence-corrected chi connectivity index (χ4v) is 2.86. The smallest absolute Gasteiger partial charge is 0.341 e. The molecule has 0 aliphatic rings. The molecular weight excluding hydrogens is 276 g/mol. The average molecular weight is 292 g/mol. The number of hydrogen-bond donors (Lipinski definition) is 0. The topological polar surface area (TPSA) is 44.8 Å². The Labute approximate surface area is 121 Å². The van der Waals surface area contributed by atoms with Crippen LogP contribution in [0.3, 0.4) is 0 Å². The summed E-state index contributed by atoms with van der Waals surface area (Å²) in [5.74, 6) is 0.356. The van der Waals surface area contributed by atoms with Crippen LogP contribution < -0.4 is 4.74 Å². The molecular formula is C15H16O4S. The van der Waals surface area contributed by atoms with E-state index in [0.29, 0.717) is 12.2 Å². The van der Waals surface area contributed by atoms with Crippen molar-refractivity contribution in [2.75, 3.05) is 20.8 Å². The van der Waals surface area contributed by atoms with E-state index >= 15 is 0 Å². The van der Waals surface area contributed by atoms with Gasteiger partial charge in [0.05, 0.1) is 27.1 Å². The summed E-state index contributed by atoms with van der Waals surface area (Å²) in [6, 6.07) is 5.83. The molecule has 0 aliphatic heterocycles. The highest BCUT2D eigenvalue weighted by Crippen LogP contribution is 2.34. The summed E-state index contributed by atoms with van der Waals surface area (Å²) in [5, 5.41) is 2.87. The van der Waals surface area contributed by atoms with Crippen LogP contribution in [0.2, 0.25) is 0 Å². The van der Waals surface area contributed by atoms with Gasteiger partial charge < -0.3 is 14.2 Å². The van der Waals surface area contributed by atoms with Crippen LogP contribution in [0.1, 0.15) is 12.5 Å². The van der Waals surface area contributed by atoms with Crippen LogP contribution in [-0.4, -0.2) is 26.8 Å². The van der Waals surface area contributed by atoms with Crippen molar-refractivity contribution in [3.8, 4) is 5.75 Å². The van der Waals surface area contributed by atoms with Gasteiger partial charge in [-0.25, -0.2) is 4.79 Å². The number of fused-ring (bicyclic) bond motifs is 1. The highest BCUT2D eigenvalue weighted by molar-refractivity contribution is 7.17. The molecule has 0 fully saturated rings. The summed E-state index contributed by atoms with van der Waals surface area (Å²) in [5.41, 5.74) is 1.19. The number of rotatable bonds is 5. The van der Waals surface area contributed by atoms with Gasteiger partial charge in [-0.1, -0.05) is 0 Å². The number of esters is 1. The largest absolute Gasteiger partial charge is 0.503 e. The Bertz CT molecular complexity index is 642. The second-order valence-corrected chi connectivity index (χ2v) is 4.91. The maximum Gasteiger partial charge on any atom is 0.341 e. The van der Waals surface area contributed by atoms with Crippen molar-refractivity contribution in [1.29, 1.82) is 0 Å². The van der Waals surface area contributed by atoms with Crippen LogP contribution in [-0.2, 0) is 14.3 Å². The lowest BCUT2D eigenvalue weighted by Gasteiger charge is -2.06. The monoisotopic (exact) mass is 292 g/mol. The molecule has 5 heteroatoms. The van der Waals surface area contributed by atoms with Gasteiger partial charge in [-0.05, 0) is 25.1 Å². The SMILES string of the molecule is CCOc1ccc2scc(C(=COC)C(=O)OC)c2c1. The van der Waals surface area contributed by atoms with Crippen LogP contribution in [0, 0.1) is 0 Å². The van der Waals surface area contributed by atoms with Gasteiger partial charge in [-0.15, -0.1) is 11.3 Å². The second kappa shape index (κ2) is 6.43. The first-order valence-corrected chi connectivity index (χ1v) is 7.05. The molecule has 0 amide bonds. The Morgan fingerprint density at radius 3 is 2.80 bits per heavy atom. The first-order valence-electron chi connectivity index (χ1n) is 6.17. The molecule has 1 heterocycles. The molecule has 0 saturated heterocycles. The molecule has 0 spiro atoms. The minimum Gasteiger partial charge on any atom is -0.503 e. The highest BCUT2D eigenvalue weighted by Gasteiger charge is 2.17. The fourth-order valence-electron chi connectivity index (χ4n) is 1.92. The predicted octanol–water partition coefficient (Wildman–Crippen LogP) is 3.46. The molecule has 2 aromatic rings. The second-order valence-electron chi connectivity index (χ2n) is 4.00. The minimum absolute atomic E-state index is 0.398. The number of carbonyl (C=O) groups is 1. The number of benzene rings is 1. The fraction of sp³-hybridized carbons (Fsp3) is 0.267. The summed E-state index contributed by atoms with van der Waals surface area (Å²) >= 11 is 1.56. The van der Waals surface area contributed by atoms with E-state index in [-0.39, 0.29) is 0 Å². The molecule has 106 valence electrons. The van der Waals surface area contributed by atoms with E-state index in [2.05, 4.69) is 0 Å². The van der Waals surface area contributed by atoms with Gasteiger partial charge in [0.25, 0.3) is 0 Å². The van der Waals surface area contributed by atoms with E-state index in [1.54, 1.807) is 11.3 Å². The summed E-state index contributed by atoms with van der Waals surface area (Å²) in [7, 11) is 2.86. The Morgan fingerprint density at radius 1 is 1.35 bits per heavy atom. The van der Waals surface area contributed by atoms with E-state index in [0.717, 1.165) is 21.4 Å². The Morgan fingerprint density at radius 2 is 2.15 bits per heavy atom. The molecule has 2 rings (SSSR count). The van der Waals surface area contributed by atoms with Gasteiger partial charge in [-0.3, -0.25) is 0 Å². The Kier molecular flexibility index (Phi) is 4.63. The third kappa shape index (κ3) is 2.77. The highest BCUT2D eigenvalue weighted by atomic mass is 32.1. The zero-order valence-electron chi connectivity index (χ0n) is 11.6. The molecule has 1 aromatic heterocycles. The summed E-state index contributed by atoms with van der Waals surface area (Å²) in [4.78, 5) is 11.9. The van der Waals surface area contributed by atoms with E-state index in [1.165, 1.54) is 20.5 Å². The number of hydrogen-bond acceptors (Lipinski definition) is 5. The van der Waals surface area contributed by atoms with Crippen molar-refractivity contribution in [3.63, 3.8) is 0 Å². The third-order valence-corrected chi connectivity index (χ3v) is 3.75. The molecule has 0 N–H and O–H groups in total. The first kappa shape index (κ1) is 14.4. The third-order valence-electron chi connectivity index (χ3n) is 2.79. The van der Waals surface area contributed by atoms with Crippen molar-refractivity contribution >= 4 is 33.0 Å². The van der Waals surface area contributed by atoms with Crippen LogP contribution in [0.4, 0.5) is 0 Å². The van der Waals surface area contributed by atoms with Gasteiger partial charge in [0.15, 0.2) is 0 Å². The van der Waals surface area contributed by atoms with Crippen molar-refractivity contribution in [2.24, 2.45) is 0 Å². The van der Waals surface area contributed by atoms with E-state index in [4.69, 9.17) is 14.2 Å². The molecule has 0 aliphatic carbocycles. The lowest BCUT2D eigenvalue weighted by molar-refractivity contribution is -0.133. The maximum absolute atomic E-state index is 11.9. The van der Waals surface area contributed by atoms with Crippen LogP contribution in [0.5, 0.6) is 5.75 Å². The first-order chi connectivity index (χ1) is 9.71. The van der Waals surface area contributed by atoms with Crippen LogP contribution in [0.25, 0.3) is 15.7 Å². The molecule has 0 saturated carbocycles. The predicted molar refractivity (Wildman–Crippen MR) is 80.0 cm³/mol. The quantitative estimate of drug-likeness (QED) is 0.481. The van der Waals surface area contributed by atoms with Crippen molar-refractivity contribution in [1.82, 2.24) is 0 Å². The van der Waals surface area contributed by atoms with Crippen LogP contribution >= 0.6 is 11.3 Å². The van der Waals surface area contributed by atoms with Crippen molar-refractivity contribution in [3.05, 3.63) is 35.4 Å². The van der Waals surface area contributed by atoms with Crippen LogP contribution in [0.15, 0.2) is 29.8 Å². The minimum atomic E-state index is -0.423. The normalized spacial score (nSPS) is 11.4. The van der Waals surface area contributed by atoms with E-state index in [9.17, 15) is 4.79 Å². The van der Waals surface area contributed by atoms with Crippen molar-refractivity contribution < 1.29 is 19.0 Å². The van der Waals surface area contributed by atoms with E-state index < -0.39 is 5.97 Å². The maximum atomic E-state index is 11.9. The zero-order chi connectivity index (χ0) is 14.5. The molecule has 4 nitrogen and oxygen atoms in total. The van der Waals surface area contributed by atoms with Gasteiger partial charge in [0, 0.05) is 21.0 Å². The van der Waals surface area contributed by atoms with Crippen molar-refractivity contribution in [2.45, 2.75) is 6.92 Å². The van der Waals surface area contributed by atoms with E-state index in [1.807, 2.05) is 30.5 Å². The summed E-state index contributed by atoms with van der Waals surface area (Å²) < 4.78 is 16.4. The van der Waals surface area contributed by atoms with Gasteiger partial charge in [0.1, 0.15) is 11.3 Å². The average Bonchev–Trinajstić information content (AvgIpc) is 2.87. The number of ether oxygens (including phenoxy) is 3. The summed E-state index contributed by atoms with van der Waals surface area (Å²) in [6.07, 6.45) is 1.40. The van der Waals surface area contributed by atoms with Gasteiger partial charge in [-0.2, -0.15) is 0 Å². The zero-order valence-corrected chi connectivity index (χ0v) is 12.5. The number of thiophene rings is 1. The molecule has 1 aromatic carbocycles. The molecule has 0 atom stereocenters. The molecule has 0 bridgehead atoms. The molecule has 0 unspecified atom stereocenters. The lowest BCUT2D eigenvalue weighted by Crippen LogP contribution is -2.04. The molecule has 20 heavy (non-hydrogen) atoms. The standard InChI is InChI=1S/C15H16O4S/c1-4-19-10-5-6-14-11(7-10)13(9-20-14)12(8-17-2)15(16)18-3/h5-9H,4H2,1-3H3.